The zero-order valence-corrected chi connectivity index (χ0v) is 13.0. The van der Waals surface area contributed by atoms with Gasteiger partial charge in [0.2, 0.25) is 5.91 Å². The average Bonchev–Trinajstić information content (AvgIpc) is 2.56. The molecule has 0 aliphatic carbocycles. The molecule has 0 atom stereocenters. The van der Waals surface area contributed by atoms with Crippen molar-refractivity contribution in [1.82, 2.24) is 4.98 Å². The van der Waals surface area contributed by atoms with E-state index in [0.717, 1.165) is 11.3 Å². The Morgan fingerprint density at radius 1 is 1.23 bits per heavy atom. The van der Waals surface area contributed by atoms with Gasteiger partial charge in [-0.2, -0.15) is 0 Å². The van der Waals surface area contributed by atoms with Gasteiger partial charge >= 0.3 is 0 Å². The number of carbonyl (C=O) groups is 2. The first-order valence-electron chi connectivity index (χ1n) is 7.08. The summed E-state index contributed by atoms with van der Waals surface area (Å²) < 4.78 is 5.55. The lowest BCUT2D eigenvalue weighted by molar-refractivity contribution is -0.114. The molecule has 0 spiro atoms. The zero-order chi connectivity index (χ0) is 16.4. The number of nitrogens with zero attached hydrogens (tertiary/aromatic N) is 1. The van der Waals surface area contributed by atoms with Crippen LogP contribution in [-0.2, 0) is 11.4 Å². The Morgan fingerprint density at radius 3 is 2.50 bits per heavy atom. The molecule has 22 heavy (non-hydrogen) atoms. The van der Waals surface area contributed by atoms with Crippen molar-refractivity contribution in [3.63, 3.8) is 0 Å². The van der Waals surface area contributed by atoms with Crippen molar-refractivity contribution in [2.24, 2.45) is 0 Å². The molecule has 2 rings (SSSR count). The van der Waals surface area contributed by atoms with E-state index in [1.165, 1.54) is 6.92 Å². The van der Waals surface area contributed by atoms with Crippen molar-refractivity contribution in [1.29, 1.82) is 0 Å². The van der Waals surface area contributed by atoms with Gasteiger partial charge in [-0.15, -0.1) is 0 Å². The van der Waals surface area contributed by atoms with E-state index < -0.39 is 0 Å². The third-order valence-corrected chi connectivity index (χ3v) is 2.58. The maximum absolute atomic E-state index is 10.9. The fourth-order valence-corrected chi connectivity index (χ4v) is 1.66. The molecule has 0 saturated heterocycles. The number of anilines is 1. The van der Waals surface area contributed by atoms with Crippen molar-refractivity contribution in [2.45, 2.75) is 27.4 Å². The molecular formula is C17H20N2O3. The van der Waals surface area contributed by atoms with Gasteiger partial charge in [-0.1, -0.05) is 26.0 Å². The van der Waals surface area contributed by atoms with E-state index >= 15 is 0 Å². The third kappa shape index (κ3) is 5.36. The number of benzene rings is 1. The van der Waals surface area contributed by atoms with E-state index in [9.17, 15) is 9.59 Å². The minimum absolute atomic E-state index is 0.111. The van der Waals surface area contributed by atoms with Crippen LogP contribution in [0.1, 0.15) is 36.8 Å². The summed E-state index contributed by atoms with van der Waals surface area (Å²) in [5.74, 6) is 0.341. The van der Waals surface area contributed by atoms with E-state index in [2.05, 4.69) is 10.3 Å². The largest absolute Gasteiger partial charge is 0.487 e. The summed E-state index contributed by atoms with van der Waals surface area (Å²) in [6.45, 7) is 5.78. The monoisotopic (exact) mass is 300 g/mol. The second-order valence-corrected chi connectivity index (χ2v) is 4.17. The van der Waals surface area contributed by atoms with Crippen LogP contribution in [0.2, 0.25) is 0 Å². The Bertz CT molecular complexity index is 610. The number of carbonyl (C=O) groups excluding carboxylic acids is 2. The molecule has 0 fully saturated rings. The molecule has 1 N–H and O–H groups in total. The molecule has 116 valence electrons. The first kappa shape index (κ1) is 17.4. The molecule has 0 radical (unpaired) electrons. The number of ether oxygens (including phenoxy) is 1. The van der Waals surface area contributed by atoms with Crippen LogP contribution < -0.4 is 10.1 Å². The Balaban J connectivity index is 0.00000116. The molecule has 5 heteroatoms. The van der Waals surface area contributed by atoms with Gasteiger partial charge in [-0.25, -0.2) is 4.98 Å². The molecule has 1 amide bonds. The van der Waals surface area contributed by atoms with Crippen LogP contribution >= 0.6 is 0 Å². The smallest absolute Gasteiger partial charge is 0.221 e. The summed E-state index contributed by atoms with van der Waals surface area (Å²) in [6.07, 6.45) is 2.20. The number of amides is 1. The maximum Gasteiger partial charge on any atom is 0.221 e. The van der Waals surface area contributed by atoms with Gasteiger partial charge in [-0.05, 0) is 29.8 Å². The van der Waals surface area contributed by atoms with E-state index in [0.29, 0.717) is 18.6 Å². The topological polar surface area (TPSA) is 68.3 Å². The Labute approximate surface area is 130 Å². The second-order valence-electron chi connectivity index (χ2n) is 4.17. The molecule has 0 saturated carbocycles. The molecule has 0 bridgehead atoms. The predicted octanol–water partition coefficient (Wildman–Crippen LogP) is 3.46. The summed E-state index contributed by atoms with van der Waals surface area (Å²) in [5.41, 5.74) is 1.94. The number of hydrogen-bond donors (Lipinski definition) is 1. The average molecular weight is 300 g/mol. The molecule has 0 unspecified atom stereocenters. The van der Waals surface area contributed by atoms with Crippen LogP contribution in [0.3, 0.4) is 0 Å². The molecule has 0 aliphatic rings. The number of hydrogen-bond acceptors (Lipinski definition) is 4. The highest BCUT2D eigenvalue weighted by Crippen LogP contribution is 2.16. The minimum atomic E-state index is -0.111. The quantitative estimate of drug-likeness (QED) is 0.859. The van der Waals surface area contributed by atoms with Gasteiger partial charge in [0, 0.05) is 18.8 Å². The highest BCUT2D eigenvalue weighted by Gasteiger charge is 2.03. The zero-order valence-electron chi connectivity index (χ0n) is 13.0. The molecule has 1 aromatic heterocycles. The lowest BCUT2D eigenvalue weighted by Gasteiger charge is -2.08. The number of aldehydes is 1. The van der Waals surface area contributed by atoms with Crippen LogP contribution in [-0.4, -0.2) is 17.2 Å². The fraction of sp³-hybridized carbons (Fsp3) is 0.235. The standard InChI is InChI=1S/C15H14N2O3.C2H6/c1-11(19)17-13-6-4-12(5-7-13)10-20-15-3-2-8-16-14(15)9-18;1-2/h2-9H,10H2,1H3,(H,17,19);1-2H3. The van der Waals surface area contributed by atoms with Gasteiger partial charge in [0.1, 0.15) is 18.1 Å². The summed E-state index contributed by atoms with van der Waals surface area (Å²) in [7, 11) is 0. The number of rotatable bonds is 5. The van der Waals surface area contributed by atoms with Crippen LogP contribution in [0.25, 0.3) is 0 Å². The lowest BCUT2D eigenvalue weighted by Crippen LogP contribution is -2.05. The summed E-state index contributed by atoms with van der Waals surface area (Å²) in [4.78, 5) is 25.6. The maximum atomic E-state index is 10.9. The van der Waals surface area contributed by atoms with Crippen LogP contribution in [0, 0.1) is 0 Å². The normalized spacial score (nSPS) is 9.23. The predicted molar refractivity (Wildman–Crippen MR) is 86.1 cm³/mol. The van der Waals surface area contributed by atoms with Crippen molar-refractivity contribution < 1.29 is 14.3 Å². The van der Waals surface area contributed by atoms with Gasteiger partial charge in [0.15, 0.2) is 6.29 Å². The third-order valence-electron chi connectivity index (χ3n) is 2.58. The molecular weight excluding hydrogens is 280 g/mol. The fourth-order valence-electron chi connectivity index (χ4n) is 1.66. The van der Waals surface area contributed by atoms with Gasteiger partial charge in [-0.3, -0.25) is 9.59 Å². The molecule has 0 aliphatic heterocycles. The lowest BCUT2D eigenvalue weighted by atomic mass is 10.2. The Hall–Kier alpha value is -2.69. The van der Waals surface area contributed by atoms with Crippen LogP contribution in [0.4, 0.5) is 5.69 Å². The van der Waals surface area contributed by atoms with Crippen LogP contribution in [0.5, 0.6) is 5.75 Å². The number of pyridine rings is 1. The first-order chi connectivity index (χ1) is 10.7. The molecule has 1 heterocycles. The summed E-state index contributed by atoms with van der Waals surface area (Å²) >= 11 is 0. The molecule has 2 aromatic rings. The van der Waals surface area contributed by atoms with Crippen molar-refractivity contribution >= 4 is 17.9 Å². The second kappa shape index (κ2) is 9.28. The molecule has 1 aromatic carbocycles. The van der Waals surface area contributed by atoms with Crippen molar-refractivity contribution in [3.05, 3.63) is 53.9 Å². The minimum Gasteiger partial charge on any atom is -0.487 e. The van der Waals surface area contributed by atoms with Gasteiger partial charge in [0.25, 0.3) is 0 Å². The number of aromatic nitrogens is 1. The summed E-state index contributed by atoms with van der Waals surface area (Å²) in [6, 6.07) is 10.7. The highest BCUT2D eigenvalue weighted by atomic mass is 16.5. The van der Waals surface area contributed by atoms with E-state index in [1.807, 2.05) is 26.0 Å². The van der Waals surface area contributed by atoms with Gasteiger partial charge < -0.3 is 10.1 Å². The van der Waals surface area contributed by atoms with Gasteiger partial charge in [0.05, 0.1) is 0 Å². The molecule has 5 nitrogen and oxygen atoms in total. The van der Waals surface area contributed by atoms with E-state index in [1.54, 1.807) is 30.5 Å². The van der Waals surface area contributed by atoms with Crippen LogP contribution in [0.15, 0.2) is 42.6 Å². The summed E-state index contributed by atoms with van der Waals surface area (Å²) in [5, 5.41) is 2.69. The Morgan fingerprint density at radius 2 is 1.91 bits per heavy atom. The van der Waals surface area contributed by atoms with Crippen molar-refractivity contribution in [3.8, 4) is 5.75 Å². The highest BCUT2D eigenvalue weighted by molar-refractivity contribution is 5.88. The SMILES string of the molecule is CC.CC(=O)Nc1ccc(COc2cccnc2C=O)cc1. The Kier molecular flexibility index (Phi) is 7.33. The van der Waals surface area contributed by atoms with E-state index in [-0.39, 0.29) is 11.6 Å². The van der Waals surface area contributed by atoms with Crippen molar-refractivity contribution in [2.75, 3.05) is 5.32 Å². The first-order valence-corrected chi connectivity index (χ1v) is 7.08. The number of nitrogens with one attached hydrogen (secondary N) is 1. The van der Waals surface area contributed by atoms with E-state index in [4.69, 9.17) is 4.74 Å².